The van der Waals surface area contributed by atoms with Crippen LogP contribution in [-0.2, 0) is 22.6 Å². The molecular formula is C19H23N3O3. The van der Waals surface area contributed by atoms with Crippen molar-refractivity contribution < 1.29 is 14.1 Å². The highest BCUT2D eigenvalue weighted by atomic mass is 16.5. The second kappa shape index (κ2) is 7.09. The number of piperazine rings is 1. The van der Waals surface area contributed by atoms with Gasteiger partial charge in [0.25, 0.3) is 0 Å². The third kappa shape index (κ3) is 3.73. The minimum atomic E-state index is -0.527. The highest BCUT2D eigenvalue weighted by Crippen LogP contribution is 2.21. The summed E-state index contributed by atoms with van der Waals surface area (Å²) in [4.78, 5) is 28.3. The standard InChI is InChI=1S/C19H23N3O3/c1-13(2)16-10-15(25-20-16)11-22-17(9-14-7-5-4-6-8-14)19(24)21(3)12-18(22)23/h4-8,10,13,17H,9,11-12H2,1-3H3/t17-/m1/s1. The lowest BCUT2D eigenvalue weighted by molar-refractivity contribution is -0.155. The molecule has 1 atom stereocenters. The number of likely N-dealkylation sites (N-methyl/N-ethyl adjacent to an activating group) is 1. The minimum absolute atomic E-state index is 0.0490. The van der Waals surface area contributed by atoms with E-state index in [9.17, 15) is 9.59 Å². The first-order valence-electron chi connectivity index (χ1n) is 8.49. The molecule has 2 amide bonds. The van der Waals surface area contributed by atoms with Gasteiger partial charge in [-0.05, 0) is 11.5 Å². The fourth-order valence-electron chi connectivity index (χ4n) is 3.01. The number of hydrogen-bond donors (Lipinski definition) is 0. The normalized spacial score (nSPS) is 18.3. The predicted molar refractivity (Wildman–Crippen MR) is 92.7 cm³/mol. The van der Waals surface area contributed by atoms with Crippen molar-refractivity contribution in [2.24, 2.45) is 0 Å². The first-order valence-corrected chi connectivity index (χ1v) is 8.49. The average molecular weight is 341 g/mol. The molecule has 1 aliphatic rings. The summed E-state index contributed by atoms with van der Waals surface area (Å²) in [5.41, 5.74) is 1.87. The molecule has 1 saturated heterocycles. The van der Waals surface area contributed by atoms with Crippen LogP contribution in [0.2, 0.25) is 0 Å². The zero-order valence-corrected chi connectivity index (χ0v) is 14.8. The lowest BCUT2D eigenvalue weighted by Crippen LogP contribution is -2.59. The maximum Gasteiger partial charge on any atom is 0.245 e. The van der Waals surface area contributed by atoms with Gasteiger partial charge in [-0.1, -0.05) is 49.3 Å². The molecule has 0 saturated carbocycles. The Morgan fingerprint density at radius 3 is 2.60 bits per heavy atom. The zero-order chi connectivity index (χ0) is 18.0. The molecule has 1 aromatic carbocycles. The van der Waals surface area contributed by atoms with Gasteiger partial charge < -0.3 is 14.3 Å². The molecule has 1 fully saturated rings. The number of carbonyl (C=O) groups is 2. The van der Waals surface area contributed by atoms with Crippen molar-refractivity contribution in [2.75, 3.05) is 13.6 Å². The van der Waals surface area contributed by atoms with Gasteiger partial charge in [-0.25, -0.2) is 0 Å². The Kier molecular flexibility index (Phi) is 4.88. The zero-order valence-electron chi connectivity index (χ0n) is 14.8. The molecule has 0 bridgehead atoms. The van der Waals surface area contributed by atoms with Crippen LogP contribution in [0.3, 0.4) is 0 Å². The minimum Gasteiger partial charge on any atom is -0.359 e. The maximum atomic E-state index is 12.7. The van der Waals surface area contributed by atoms with Gasteiger partial charge in [0.1, 0.15) is 6.04 Å². The molecule has 0 spiro atoms. The number of nitrogens with zero attached hydrogens (tertiary/aromatic N) is 3. The van der Waals surface area contributed by atoms with E-state index in [1.54, 1.807) is 11.9 Å². The largest absolute Gasteiger partial charge is 0.359 e. The SMILES string of the molecule is CC(C)c1cc(CN2C(=O)CN(C)C(=O)[C@H]2Cc2ccccc2)on1. The fourth-order valence-corrected chi connectivity index (χ4v) is 3.01. The van der Waals surface area contributed by atoms with Gasteiger partial charge in [0.05, 0.1) is 18.8 Å². The second-order valence-corrected chi connectivity index (χ2v) is 6.79. The topological polar surface area (TPSA) is 66.7 Å². The number of aromatic nitrogens is 1. The number of rotatable bonds is 5. The highest BCUT2D eigenvalue weighted by molar-refractivity contribution is 5.94. The van der Waals surface area contributed by atoms with Crippen LogP contribution in [0, 0.1) is 0 Å². The third-order valence-corrected chi connectivity index (χ3v) is 4.50. The van der Waals surface area contributed by atoms with Gasteiger partial charge in [-0.15, -0.1) is 0 Å². The van der Waals surface area contributed by atoms with Crippen molar-refractivity contribution in [2.45, 2.75) is 38.8 Å². The van der Waals surface area contributed by atoms with E-state index in [2.05, 4.69) is 5.16 Å². The van der Waals surface area contributed by atoms with Gasteiger partial charge in [0.15, 0.2) is 5.76 Å². The molecule has 6 nitrogen and oxygen atoms in total. The summed E-state index contributed by atoms with van der Waals surface area (Å²) >= 11 is 0. The molecule has 0 N–H and O–H groups in total. The molecular weight excluding hydrogens is 318 g/mol. The molecule has 132 valence electrons. The van der Waals surface area contributed by atoms with E-state index in [1.807, 2.05) is 50.2 Å². The number of amides is 2. The van der Waals surface area contributed by atoms with Crippen LogP contribution in [0.1, 0.15) is 36.8 Å². The van der Waals surface area contributed by atoms with Crippen molar-refractivity contribution in [3.8, 4) is 0 Å². The van der Waals surface area contributed by atoms with Crippen LogP contribution in [0.25, 0.3) is 0 Å². The van der Waals surface area contributed by atoms with Crippen molar-refractivity contribution in [1.82, 2.24) is 15.0 Å². The van der Waals surface area contributed by atoms with Crippen molar-refractivity contribution >= 4 is 11.8 Å². The van der Waals surface area contributed by atoms with Crippen LogP contribution < -0.4 is 0 Å². The van der Waals surface area contributed by atoms with Gasteiger partial charge in [-0.2, -0.15) is 0 Å². The molecule has 0 aliphatic carbocycles. The van der Waals surface area contributed by atoms with Crippen LogP contribution >= 0.6 is 0 Å². The number of benzene rings is 1. The maximum absolute atomic E-state index is 12.7. The Labute approximate surface area is 147 Å². The number of hydrogen-bond acceptors (Lipinski definition) is 4. The summed E-state index contributed by atoms with van der Waals surface area (Å²) in [7, 11) is 1.67. The summed E-state index contributed by atoms with van der Waals surface area (Å²) < 4.78 is 5.37. The van der Waals surface area contributed by atoms with E-state index in [4.69, 9.17) is 4.52 Å². The van der Waals surface area contributed by atoms with Crippen LogP contribution in [0.5, 0.6) is 0 Å². The second-order valence-electron chi connectivity index (χ2n) is 6.79. The Balaban J connectivity index is 1.84. The molecule has 2 aromatic rings. The van der Waals surface area contributed by atoms with Gasteiger partial charge in [0.2, 0.25) is 11.8 Å². The Hall–Kier alpha value is -2.63. The van der Waals surface area contributed by atoms with E-state index in [-0.39, 0.29) is 30.8 Å². The van der Waals surface area contributed by atoms with Crippen LogP contribution in [0.15, 0.2) is 40.9 Å². The fraction of sp³-hybridized carbons (Fsp3) is 0.421. The third-order valence-electron chi connectivity index (χ3n) is 4.50. The smallest absolute Gasteiger partial charge is 0.245 e. The van der Waals surface area contributed by atoms with E-state index >= 15 is 0 Å². The van der Waals surface area contributed by atoms with Crippen molar-refractivity contribution in [3.63, 3.8) is 0 Å². The molecule has 2 heterocycles. The molecule has 25 heavy (non-hydrogen) atoms. The summed E-state index contributed by atoms with van der Waals surface area (Å²) in [6.45, 7) is 4.42. The Bertz CT molecular complexity index is 754. The van der Waals surface area contributed by atoms with E-state index in [1.165, 1.54) is 4.90 Å². The Morgan fingerprint density at radius 1 is 1.24 bits per heavy atom. The van der Waals surface area contributed by atoms with Crippen LogP contribution in [-0.4, -0.2) is 46.4 Å². The van der Waals surface area contributed by atoms with Crippen molar-refractivity contribution in [1.29, 1.82) is 0 Å². The summed E-state index contributed by atoms with van der Waals surface area (Å²) in [5.74, 6) is 0.729. The molecule has 1 aliphatic heterocycles. The lowest BCUT2D eigenvalue weighted by Gasteiger charge is -2.38. The highest BCUT2D eigenvalue weighted by Gasteiger charge is 2.38. The summed E-state index contributed by atoms with van der Waals surface area (Å²) in [5, 5.41) is 4.04. The Morgan fingerprint density at radius 2 is 1.96 bits per heavy atom. The molecule has 3 rings (SSSR count). The van der Waals surface area contributed by atoms with Crippen molar-refractivity contribution in [3.05, 3.63) is 53.4 Å². The first-order chi connectivity index (χ1) is 12.0. The van der Waals surface area contributed by atoms with E-state index < -0.39 is 6.04 Å². The van der Waals surface area contributed by atoms with E-state index in [0.29, 0.717) is 12.2 Å². The monoisotopic (exact) mass is 341 g/mol. The number of carbonyl (C=O) groups excluding carboxylic acids is 2. The first kappa shape index (κ1) is 17.2. The van der Waals surface area contributed by atoms with Gasteiger partial charge in [0, 0.05) is 19.5 Å². The van der Waals surface area contributed by atoms with Crippen LogP contribution in [0.4, 0.5) is 0 Å². The average Bonchev–Trinajstić information content (AvgIpc) is 3.06. The quantitative estimate of drug-likeness (QED) is 0.836. The molecule has 0 unspecified atom stereocenters. The summed E-state index contributed by atoms with van der Waals surface area (Å²) in [6.07, 6.45) is 0.487. The predicted octanol–water partition coefficient (Wildman–Crippen LogP) is 2.21. The molecule has 6 heteroatoms. The summed E-state index contributed by atoms with van der Waals surface area (Å²) in [6, 6.07) is 11.1. The molecule has 1 aromatic heterocycles. The van der Waals surface area contributed by atoms with E-state index in [0.717, 1.165) is 11.3 Å². The van der Waals surface area contributed by atoms with Gasteiger partial charge >= 0.3 is 0 Å². The lowest BCUT2D eigenvalue weighted by atomic mass is 10.0. The van der Waals surface area contributed by atoms with Gasteiger partial charge in [-0.3, -0.25) is 9.59 Å². The molecule has 0 radical (unpaired) electrons.